The van der Waals surface area contributed by atoms with Gasteiger partial charge < -0.3 is 24.0 Å². The van der Waals surface area contributed by atoms with E-state index in [0.717, 1.165) is 46.1 Å². The number of amides is 1. The van der Waals surface area contributed by atoms with Crippen LogP contribution >= 0.6 is 0 Å². The van der Waals surface area contributed by atoms with Crippen LogP contribution in [0.1, 0.15) is 34.3 Å². The molecule has 2 aromatic carbocycles. The van der Waals surface area contributed by atoms with Gasteiger partial charge in [0.25, 0.3) is 5.91 Å². The molecule has 0 unspecified atom stereocenters. The molecule has 0 saturated heterocycles. The van der Waals surface area contributed by atoms with E-state index in [1.165, 1.54) is 17.0 Å². The van der Waals surface area contributed by atoms with E-state index in [-0.39, 0.29) is 17.2 Å². The second kappa shape index (κ2) is 10.5. The maximum absolute atomic E-state index is 12.8. The maximum atomic E-state index is 12.8. The SMILES string of the molecule is CCc1cc(-c2ccc(C)o2)n(-c2ccc3c(c2)nc(-c2cc(C(=O)N(C)C)ccc2O)n3Cc2ccc(=O)[nH]c2)n1. The summed E-state index contributed by atoms with van der Waals surface area (Å²) in [5.41, 5.74) is 5.53. The Morgan fingerprint density at radius 3 is 2.57 bits per heavy atom. The Morgan fingerprint density at radius 2 is 1.88 bits per heavy atom. The quantitative estimate of drug-likeness (QED) is 0.277. The minimum absolute atomic E-state index is 0.00121. The molecule has 1 amide bonds. The fourth-order valence-corrected chi connectivity index (χ4v) is 4.99. The minimum Gasteiger partial charge on any atom is -0.507 e. The van der Waals surface area contributed by atoms with Crippen LogP contribution in [0, 0.1) is 6.92 Å². The first-order chi connectivity index (χ1) is 20.2. The molecule has 0 spiro atoms. The van der Waals surface area contributed by atoms with Crippen molar-refractivity contribution in [2.24, 2.45) is 0 Å². The number of nitrogens with zero attached hydrogens (tertiary/aromatic N) is 5. The molecular formula is C32H30N6O4. The molecule has 0 aliphatic carbocycles. The Morgan fingerprint density at radius 1 is 1.05 bits per heavy atom. The summed E-state index contributed by atoms with van der Waals surface area (Å²) in [6.07, 6.45) is 2.42. The second-order valence-electron chi connectivity index (χ2n) is 10.4. The lowest BCUT2D eigenvalue weighted by molar-refractivity contribution is 0.0827. The van der Waals surface area contributed by atoms with Crippen LogP contribution in [-0.4, -0.2) is 54.3 Å². The van der Waals surface area contributed by atoms with Crippen molar-refractivity contribution >= 4 is 16.9 Å². The molecule has 2 N–H and O–H groups in total. The van der Waals surface area contributed by atoms with E-state index in [1.807, 2.05) is 52.6 Å². The zero-order valence-electron chi connectivity index (χ0n) is 23.8. The van der Waals surface area contributed by atoms with Gasteiger partial charge in [-0.3, -0.25) is 9.59 Å². The zero-order valence-corrected chi connectivity index (χ0v) is 23.8. The number of aryl methyl sites for hydroxylation is 2. The molecule has 0 aliphatic heterocycles. The Bertz CT molecular complexity index is 1990. The van der Waals surface area contributed by atoms with Crippen LogP contribution in [0.5, 0.6) is 5.75 Å². The third-order valence-corrected chi connectivity index (χ3v) is 7.17. The number of phenols is 1. The molecule has 212 valence electrons. The zero-order chi connectivity index (χ0) is 29.5. The molecule has 42 heavy (non-hydrogen) atoms. The fourth-order valence-electron chi connectivity index (χ4n) is 4.99. The van der Waals surface area contributed by atoms with Gasteiger partial charge in [0.05, 0.1) is 34.5 Å². The van der Waals surface area contributed by atoms with Crippen molar-refractivity contribution in [2.45, 2.75) is 26.8 Å². The number of rotatable bonds is 7. The number of carbonyl (C=O) groups excluding carboxylic acids is 1. The molecule has 10 heteroatoms. The van der Waals surface area contributed by atoms with Crippen LogP contribution in [0.4, 0.5) is 0 Å². The normalized spacial score (nSPS) is 11.3. The molecule has 0 atom stereocenters. The van der Waals surface area contributed by atoms with Crippen molar-refractivity contribution in [2.75, 3.05) is 14.1 Å². The minimum atomic E-state index is -0.195. The average molecular weight is 563 g/mol. The highest BCUT2D eigenvalue weighted by atomic mass is 16.3. The average Bonchev–Trinajstić information content (AvgIpc) is 3.70. The molecule has 10 nitrogen and oxygen atoms in total. The number of benzene rings is 2. The number of aromatic amines is 1. The lowest BCUT2D eigenvalue weighted by Crippen LogP contribution is -2.21. The van der Waals surface area contributed by atoms with E-state index >= 15 is 0 Å². The summed E-state index contributed by atoms with van der Waals surface area (Å²) in [5.74, 6) is 1.82. The van der Waals surface area contributed by atoms with E-state index in [0.29, 0.717) is 29.0 Å². The van der Waals surface area contributed by atoms with Crippen LogP contribution in [0.2, 0.25) is 0 Å². The lowest BCUT2D eigenvalue weighted by atomic mass is 10.1. The van der Waals surface area contributed by atoms with Gasteiger partial charge in [0.2, 0.25) is 5.56 Å². The standard InChI is InChI=1S/C32H30N6O4/c1-5-22-15-27(29-12-6-19(2)42-29)38(35-22)23-9-10-26-25(16-23)34-31(37(26)18-20-7-13-30(40)33-17-20)24-14-21(8-11-28(24)39)32(41)36(3)4/h6-17,39H,5,18H2,1-4H3,(H,33,40). The van der Waals surface area contributed by atoms with Gasteiger partial charge in [-0.2, -0.15) is 5.10 Å². The molecule has 0 bridgehead atoms. The number of aromatic nitrogens is 5. The molecule has 4 aromatic heterocycles. The number of furan rings is 1. The van der Waals surface area contributed by atoms with Gasteiger partial charge in [0.15, 0.2) is 5.76 Å². The van der Waals surface area contributed by atoms with E-state index < -0.39 is 0 Å². The summed E-state index contributed by atoms with van der Waals surface area (Å²) in [5, 5.41) is 15.8. The van der Waals surface area contributed by atoms with Crippen LogP contribution in [0.15, 0.2) is 82.1 Å². The number of pyridine rings is 1. The Labute approximate surface area is 241 Å². The largest absolute Gasteiger partial charge is 0.507 e. The third kappa shape index (κ3) is 4.87. The molecule has 4 heterocycles. The highest BCUT2D eigenvalue weighted by molar-refractivity contribution is 5.96. The summed E-state index contributed by atoms with van der Waals surface area (Å²) in [6, 6.07) is 19.7. The molecular weight excluding hydrogens is 532 g/mol. The Balaban J connectivity index is 1.54. The van der Waals surface area contributed by atoms with Gasteiger partial charge in [-0.15, -0.1) is 0 Å². The smallest absolute Gasteiger partial charge is 0.253 e. The lowest BCUT2D eigenvalue weighted by Gasteiger charge is -2.14. The molecule has 6 rings (SSSR count). The van der Waals surface area contributed by atoms with Crippen molar-refractivity contribution in [1.29, 1.82) is 0 Å². The van der Waals surface area contributed by atoms with E-state index in [9.17, 15) is 14.7 Å². The topological polar surface area (TPSA) is 122 Å². The molecule has 0 radical (unpaired) electrons. The maximum Gasteiger partial charge on any atom is 0.253 e. The monoisotopic (exact) mass is 562 g/mol. The van der Waals surface area contributed by atoms with E-state index in [4.69, 9.17) is 14.5 Å². The first-order valence-corrected chi connectivity index (χ1v) is 13.6. The summed E-state index contributed by atoms with van der Waals surface area (Å²) < 4.78 is 9.74. The third-order valence-electron chi connectivity index (χ3n) is 7.17. The second-order valence-corrected chi connectivity index (χ2v) is 10.4. The number of hydrogen-bond donors (Lipinski definition) is 2. The number of aromatic hydroxyl groups is 1. The van der Waals surface area contributed by atoms with Crippen LogP contribution < -0.4 is 5.56 Å². The molecule has 6 aromatic rings. The van der Waals surface area contributed by atoms with Crippen molar-refractivity contribution in [1.82, 2.24) is 29.2 Å². The van der Waals surface area contributed by atoms with Crippen LogP contribution in [-0.2, 0) is 13.0 Å². The summed E-state index contributed by atoms with van der Waals surface area (Å²) >= 11 is 0. The Hall–Kier alpha value is -5.38. The number of nitrogens with one attached hydrogen (secondary N) is 1. The number of H-pyrrole nitrogens is 1. The number of hydrogen-bond acceptors (Lipinski definition) is 6. The van der Waals surface area contributed by atoms with Crippen molar-refractivity contribution in [3.8, 4) is 34.3 Å². The Kier molecular flexibility index (Phi) is 6.74. The molecule has 0 fully saturated rings. The van der Waals surface area contributed by atoms with E-state index in [2.05, 4.69) is 11.9 Å². The van der Waals surface area contributed by atoms with E-state index in [1.54, 1.807) is 38.5 Å². The number of carbonyl (C=O) groups is 1. The highest BCUT2D eigenvalue weighted by Gasteiger charge is 2.21. The first kappa shape index (κ1) is 26.8. The van der Waals surface area contributed by atoms with Crippen LogP contribution in [0.3, 0.4) is 0 Å². The fraction of sp³-hybridized carbons (Fsp3) is 0.188. The summed E-state index contributed by atoms with van der Waals surface area (Å²) in [7, 11) is 3.36. The first-order valence-electron chi connectivity index (χ1n) is 13.6. The molecule has 0 saturated carbocycles. The highest BCUT2D eigenvalue weighted by Crippen LogP contribution is 2.34. The summed E-state index contributed by atoms with van der Waals surface area (Å²) in [6.45, 7) is 4.33. The van der Waals surface area contributed by atoms with Gasteiger partial charge in [-0.1, -0.05) is 13.0 Å². The van der Waals surface area contributed by atoms with Gasteiger partial charge in [0.1, 0.15) is 23.0 Å². The number of fused-ring (bicyclic) bond motifs is 1. The van der Waals surface area contributed by atoms with Gasteiger partial charge in [-0.05, 0) is 73.5 Å². The molecule has 0 aliphatic rings. The van der Waals surface area contributed by atoms with Crippen molar-refractivity contribution in [3.05, 3.63) is 106 Å². The number of imidazole rings is 1. The van der Waals surface area contributed by atoms with Crippen molar-refractivity contribution < 1.29 is 14.3 Å². The van der Waals surface area contributed by atoms with Crippen molar-refractivity contribution in [3.63, 3.8) is 0 Å². The van der Waals surface area contributed by atoms with Gasteiger partial charge in [0, 0.05) is 31.9 Å². The van der Waals surface area contributed by atoms with Crippen LogP contribution in [0.25, 0.3) is 39.6 Å². The number of phenolic OH excluding ortho intramolecular Hbond substituents is 1. The van der Waals surface area contributed by atoms with Gasteiger partial charge in [-0.25, -0.2) is 9.67 Å². The predicted octanol–water partition coefficient (Wildman–Crippen LogP) is 5.16. The van der Waals surface area contributed by atoms with Gasteiger partial charge >= 0.3 is 0 Å². The predicted molar refractivity (Wildman–Crippen MR) is 160 cm³/mol. The summed E-state index contributed by atoms with van der Waals surface area (Å²) in [4.78, 5) is 33.6.